The summed E-state index contributed by atoms with van der Waals surface area (Å²) in [6.07, 6.45) is 0.872. The summed E-state index contributed by atoms with van der Waals surface area (Å²) in [6.45, 7) is 15.8. The van der Waals surface area contributed by atoms with Gasteiger partial charge in [-0.25, -0.2) is 15.2 Å². The summed E-state index contributed by atoms with van der Waals surface area (Å²) in [5.41, 5.74) is 1.68. The Morgan fingerprint density at radius 3 is 2.44 bits per heavy atom. The van der Waals surface area contributed by atoms with E-state index in [9.17, 15) is 9.18 Å². The summed E-state index contributed by atoms with van der Waals surface area (Å²) in [5, 5.41) is 1.27. The number of aromatic amines is 1. The van der Waals surface area contributed by atoms with Gasteiger partial charge in [-0.15, -0.1) is 0 Å². The fraction of sp³-hybridized carbons (Fsp3) is 0.500. The van der Waals surface area contributed by atoms with Crippen molar-refractivity contribution in [2.24, 2.45) is 11.3 Å². The Hall–Kier alpha value is -2.71. The molecule has 0 atom stereocenters. The predicted octanol–water partition coefficient (Wildman–Crippen LogP) is 4.10. The van der Waals surface area contributed by atoms with E-state index in [1.807, 2.05) is 39.5 Å². The number of anilines is 2. The van der Waals surface area contributed by atoms with Gasteiger partial charge < -0.3 is 14.6 Å². The minimum absolute atomic E-state index is 0.138. The van der Waals surface area contributed by atoms with Crippen LogP contribution in [-0.4, -0.2) is 36.3 Å². The highest BCUT2D eigenvalue weighted by Gasteiger charge is 2.25. The lowest BCUT2D eigenvalue weighted by atomic mass is 9.85. The second kappa shape index (κ2) is 10.7. The number of nitrogens with zero attached hydrogens (tertiary/aromatic N) is 3. The minimum Gasteiger partial charge on any atom is -0.379 e. The highest BCUT2D eigenvalue weighted by molar-refractivity contribution is 5.75. The van der Waals surface area contributed by atoms with Gasteiger partial charge in [0.05, 0.1) is 6.10 Å². The molecule has 8 heteroatoms. The lowest BCUT2D eigenvalue weighted by molar-refractivity contribution is 0.0778. The quantitative estimate of drug-likeness (QED) is 0.325. The van der Waals surface area contributed by atoms with Gasteiger partial charge >= 0.3 is 0 Å². The van der Waals surface area contributed by atoms with Crippen LogP contribution in [0.3, 0.4) is 0 Å². The van der Waals surface area contributed by atoms with Crippen molar-refractivity contribution in [3.05, 3.63) is 58.3 Å². The second-order valence-electron chi connectivity index (χ2n) is 9.25. The van der Waals surface area contributed by atoms with Crippen LogP contribution in [0, 0.1) is 11.2 Å². The number of benzene rings is 1. The molecule has 2 rings (SSSR count). The summed E-state index contributed by atoms with van der Waals surface area (Å²) < 4.78 is 19.1. The van der Waals surface area contributed by atoms with E-state index in [4.69, 9.17) is 15.6 Å². The van der Waals surface area contributed by atoms with Crippen molar-refractivity contribution in [2.45, 2.75) is 53.7 Å². The maximum Gasteiger partial charge on any atom is 0.277 e. The van der Waals surface area contributed by atoms with E-state index >= 15 is 0 Å². The van der Waals surface area contributed by atoms with Crippen LogP contribution in [0.5, 0.6) is 0 Å². The molecule has 32 heavy (non-hydrogen) atoms. The van der Waals surface area contributed by atoms with Crippen LogP contribution in [0.2, 0.25) is 0 Å². The van der Waals surface area contributed by atoms with Crippen molar-refractivity contribution in [3.8, 4) is 0 Å². The van der Waals surface area contributed by atoms with Gasteiger partial charge in [0.15, 0.2) is 0 Å². The molecule has 176 valence electrons. The van der Waals surface area contributed by atoms with Crippen LogP contribution < -0.4 is 21.3 Å². The second-order valence-corrected chi connectivity index (χ2v) is 9.25. The van der Waals surface area contributed by atoms with Gasteiger partial charge in [-0.2, -0.15) is 0 Å². The molecule has 1 aromatic heterocycles. The molecule has 0 spiro atoms. The van der Waals surface area contributed by atoms with E-state index in [2.05, 4.69) is 11.6 Å². The van der Waals surface area contributed by atoms with Crippen LogP contribution in [-0.2, 0) is 11.3 Å². The van der Waals surface area contributed by atoms with Crippen molar-refractivity contribution < 1.29 is 9.13 Å². The lowest BCUT2D eigenvalue weighted by Gasteiger charge is -2.28. The first-order valence-electron chi connectivity index (χ1n) is 10.8. The molecule has 0 saturated carbocycles. The van der Waals surface area contributed by atoms with E-state index in [1.54, 1.807) is 19.2 Å². The average molecular weight is 446 g/mol. The van der Waals surface area contributed by atoms with E-state index in [1.165, 1.54) is 17.1 Å². The number of hydrogen-bond acceptors (Lipinski definition) is 6. The highest BCUT2D eigenvalue weighted by Crippen LogP contribution is 2.35. The van der Waals surface area contributed by atoms with Crippen molar-refractivity contribution >= 4 is 17.2 Å². The number of rotatable bonds is 10. The third-order valence-corrected chi connectivity index (χ3v) is 5.04. The fourth-order valence-corrected chi connectivity index (χ4v) is 3.14. The Morgan fingerprint density at radius 1 is 1.28 bits per heavy atom. The number of allylic oxidation sites excluding steroid dienone is 1. The molecule has 0 aliphatic heterocycles. The predicted molar refractivity (Wildman–Crippen MR) is 129 cm³/mol. The number of ether oxygens (including phenoxy) is 1. The Kier molecular flexibility index (Phi) is 8.58. The zero-order valence-corrected chi connectivity index (χ0v) is 20.0. The van der Waals surface area contributed by atoms with Gasteiger partial charge in [0.25, 0.3) is 5.56 Å². The van der Waals surface area contributed by atoms with E-state index < -0.39 is 0 Å². The van der Waals surface area contributed by atoms with Crippen LogP contribution in [0.4, 0.5) is 16.0 Å². The minimum atomic E-state index is -0.345. The maximum absolute atomic E-state index is 13.4. The number of hydrogen-bond donors (Lipinski definition) is 2. The van der Waals surface area contributed by atoms with Crippen molar-refractivity contribution in [1.29, 1.82) is 0 Å². The summed E-state index contributed by atoms with van der Waals surface area (Å²) in [5.74, 6) is 6.07. The maximum atomic E-state index is 13.4. The van der Waals surface area contributed by atoms with Crippen LogP contribution >= 0.6 is 0 Å². The molecule has 0 fully saturated rings. The van der Waals surface area contributed by atoms with E-state index in [-0.39, 0.29) is 28.6 Å². The van der Waals surface area contributed by atoms with Gasteiger partial charge in [0.2, 0.25) is 5.95 Å². The number of nitrogens with one attached hydrogen (secondary N) is 1. The topological polar surface area (TPSA) is 87.5 Å². The lowest BCUT2D eigenvalue weighted by Crippen LogP contribution is -2.36. The third kappa shape index (κ3) is 6.90. The molecule has 0 aliphatic carbocycles. The molecular formula is C24H36FN5O2. The molecule has 3 N–H and O–H groups in total. The molecule has 0 bridgehead atoms. The average Bonchev–Trinajstić information content (AvgIpc) is 2.69. The summed E-state index contributed by atoms with van der Waals surface area (Å²) in [4.78, 5) is 22.6. The smallest absolute Gasteiger partial charge is 0.277 e. The Balaban J connectivity index is 2.47. The van der Waals surface area contributed by atoms with E-state index in [0.717, 1.165) is 12.0 Å². The van der Waals surface area contributed by atoms with Crippen LogP contribution in [0.25, 0.3) is 5.57 Å². The number of hydrazine groups is 1. The van der Waals surface area contributed by atoms with E-state index in [0.29, 0.717) is 36.9 Å². The number of aromatic nitrogens is 2. The van der Waals surface area contributed by atoms with Crippen LogP contribution in [0.15, 0.2) is 35.6 Å². The number of halogens is 1. The Bertz CT molecular complexity index is 962. The molecule has 0 aliphatic rings. The molecule has 2 aromatic rings. The van der Waals surface area contributed by atoms with Crippen LogP contribution in [0.1, 0.15) is 52.3 Å². The Labute approximate surface area is 190 Å². The first-order chi connectivity index (χ1) is 14.9. The van der Waals surface area contributed by atoms with Crippen molar-refractivity contribution in [2.75, 3.05) is 30.1 Å². The SMILES string of the molecule is C=C(c1nc(N(CCCOC(C)C)Cc2ccc(F)cc2)[nH]c(=O)c1N(C)N)C(C)(C)C. The Morgan fingerprint density at radius 2 is 1.91 bits per heavy atom. The molecule has 1 aromatic carbocycles. The summed E-state index contributed by atoms with van der Waals surface area (Å²) in [7, 11) is 1.60. The van der Waals surface area contributed by atoms with Gasteiger partial charge in [-0.05, 0) is 49.0 Å². The first-order valence-corrected chi connectivity index (χ1v) is 10.8. The zero-order valence-electron chi connectivity index (χ0n) is 20.0. The highest BCUT2D eigenvalue weighted by atomic mass is 19.1. The summed E-state index contributed by atoms with van der Waals surface area (Å²) in [6, 6.07) is 6.29. The monoisotopic (exact) mass is 445 g/mol. The van der Waals surface area contributed by atoms with Gasteiger partial charge in [0, 0.05) is 26.7 Å². The number of nitrogens with two attached hydrogens (primary N) is 1. The standard InChI is InChI=1S/C24H36FN5O2/c1-16(2)32-14-8-13-30(15-18-9-11-19(25)12-10-18)23-27-20(17(3)24(4,5)6)21(29(7)26)22(31)28-23/h9-12,16H,3,8,13-15,26H2,1-2,4-7H3,(H,27,28,31). The molecule has 0 saturated heterocycles. The first kappa shape index (κ1) is 25.5. The van der Waals surface area contributed by atoms with Crippen molar-refractivity contribution in [3.63, 3.8) is 0 Å². The molecule has 7 nitrogen and oxygen atoms in total. The third-order valence-electron chi connectivity index (χ3n) is 5.04. The van der Waals surface area contributed by atoms with Gasteiger partial charge in [-0.3, -0.25) is 9.78 Å². The van der Waals surface area contributed by atoms with Crippen molar-refractivity contribution in [1.82, 2.24) is 9.97 Å². The van der Waals surface area contributed by atoms with Gasteiger partial charge in [-0.1, -0.05) is 39.5 Å². The molecule has 0 unspecified atom stereocenters. The normalized spacial score (nSPS) is 11.7. The van der Waals surface area contributed by atoms with Gasteiger partial charge in [0.1, 0.15) is 17.2 Å². The largest absolute Gasteiger partial charge is 0.379 e. The molecule has 1 heterocycles. The molecule has 0 amide bonds. The fourth-order valence-electron chi connectivity index (χ4n) is 3.14. The molecular weight excluding hydrogens is 409 g/mol. The molecule has 0 radical (unpaired) electrons. The number of H-pyrrole nitrogens is 1. The zero-order chi connectivity index (χ0) is 24.1. The summed E-state index contributed by atoms with van der Waals surface area (Å²) >= 11 is 0.